The van der Waals surface area contributed by atoms with E-state index >= 15 is 0 Å². The number of aromatic nitrogens is 2. The van der Waals surface area contributed by atoms with Crippen LogP contribution in [-0.4, -0.2) is 9.97 Å². The van der Waals surface area contributed by atoms with E-state index in [9.17, 15) is 0 Å². The lowest BCUT2D eigenvalue weighted by molar-refractivity contribution is 0.868. The Hall–Kier alpha value is -4.04. The molecule has 0 amide bonds. The molecule has 2 heteroatoms. The van der Waals surface area contributed by atoms with Crippen LogP contribution in [0.15, 0.2) is 116 Å². The summed E-state index contributed by atoms with van der Waals surface area (Å²) in [7, 11) is 0. The minimum atomic E-state index is 0. The van der Waals surface area contributed by atoms with Crippen LogP contribution in [0.3, 0.4) is 0 Å². The fourth-order valence-electron chi connectivity index (χ4n) is 4.47. The minimum absolute atomic E-state index is 0. The lowest BCUT2D eigenvalue weighted by Gasteiger charge is -2.06. The van der Waals surface area contributed by atoms with E-state index in [-0.39, 0.29) is 14.9 Å². The van der Waals surface area contributed by atoms with E-state index in [1.54, 1.807) is 0 Å². The minimum Gasteiger partial charge on any atom is -0.264 e. The molecule has 41 heavy (non-hydrogen) atoms. The average molecular weight is 545 g/mol. The van der Waals surface area contributed by atoms with Gasteiger partial charge in [-0.25, -0.2) is 0 Å². The normalized spacial score (nSPS) is 10.5. The molecule has 0 N–H and O–H groups in total. The summed E-state index contributed by atoms with van der Waals surface area (Å²) in [6.45, 7) is 13.3. The Kier molecular flexibility index (Phi) is 12.7. The first-order valence-corrected chi connectivity index (χ1v) is 14.0. The second-order valence-corrected chi connectivity index (χ2v) is 11.0. The van der Waals surface area contributed by atoms with Gasteiger partial charge in [-0.2, -0.15) is 0 Å². The number of rotatable bonds is 3. The van der Waals surface area contributed by atoms with E-state index in [0.717, 1.165) is 5.52 Å². The molecule has 4 aromatic carbocycles. The summed E-state index contributed by atoms with van der Waals surface area (Å²) in [5.41, 5.74) is 5.24. The molecule has 0 aliphatic rings. The molecule has 0 radical (unpaired) electrons. The second-order valence-electron chi connectivity index (χ2n) is 11.0. The second kappa shape index (κ2) is 15.7. The van der Waals surface area contributed by atoms with Gasteiger partial charge >= 0.3 is 0 Å². The largest absolute Gasteiger partial charge is 0.264 e. The zero-order valence-electron chi connectivity index (χ0n) is 24.1. The van der Waals surface area contributed by atoms with E-state index in [2.05, 4.69) is 136 Å². The summed E-state index contributed by atoms with van der Waals surface area (Å²) in [5.74, 6) is 1.78. The molecule has 0 saturated heterocycles. The summed E-state index contributed by atoms with van der Waals surface area (Å²) >= 11 is 0. The molecule has 0 saturated carbocycles. The molecular formula is C39H48N2. The van der Waals surface area contributed by atoms with Crippen LogP contribution in [0.5, 0.6) is 0 Å². The van der Waals surface area contributed by atoms with E-state index in [1.807, 2.05) is 30.7 Å². The third-order valence-electron chi connectivity index (χ3n) is 7.07. The van der Waals surface area contributed by atoms with Crippen molar-refractivity contribution < 1.29 is 0 Å². The highest BCUT2D eigenvalue weighted by molar-refractivity contribution is 5.83. The molecule has 0 unspecified atom stereocenters. The van der Waals surface area contributed by atoms with Crippen LogP contribution in [0.25, 0.3) is 32.4 Å². The molecule has 0 bridgehead atoms. The van der Waals surface area contributed by atoms with Crippen molar-refractivity contribution in [3.8, 4) is 0 Å². The molecule has 6 aromatic rings. The van der Waals surface area contributed by atoms with Crippen LogP contribution in [-0.2, 0) is 0 Å². The molecule has 0 aliphatic carbocycles. The first-order valence-electron chi connectivity index (χ1n) is 14.0. The SMILES string of the molecule is C.C.CC(C)c1ccc2ccccc2c1.CC(C)c1ccc2cccnc2c1.CC(C)c1ccc2ccncc2c1. The molecule has 214 valence electrons. The first kappa shape index (κ1) is 33.2. The topological polar surface area (TPSA) is 25.8 Å². The van der Waals surface area contributed by atoms with Gasteiger partial charge < -0.3 is 0 Å². The summed E-state index contributed by atoms with van der Waals surface area (Å²) in [6.07, 6.45) is 5.59. The number of hydrogen-bond donors (Lipinski definition) is 0. The van der Waals surface area contributed by atoms with Gasteiger partial charge in [-0.3, -0.25) is 9.97 Å². The van der Waals surface area contributed by atoms with Crippen molar-refractivity contribution in [2.75, 3.05) is 0 Å². The van der Waals surface area contributed by atoms with Crippen LogP contribution in [0.2, 0.25) is 0 Å². The molecule has 0 spiro atoms. The van der Waals surface area contributed by atoms with Crippen molar-refractivity contribution in [3.63, 3.8) is 0 Å². The zero-order chi connectivity index (χ0) is 27.8. The Morgan fingerprint density at radius 3 is 1.54 bits per heavy atom. The monoisotopic (exact) mass is 544 g/mol. The molecule has 0 aliphatic heterocycles. The number of pyridine rings is 2. The van der Waals surface area contributed by atoms with Crippen LogP contribution < -0.4 is 0 Å². The van der Waals surface area contributed by atoms with Gasteiger partial charge in [0.15, 0.2) is 0 Å². The quantitative estimate of drug-likeness (QED) is 0.221. The molecule has 6 rings (SSSR count). The van der Waals surface area contributed by atoms with Gasteiger partial charge in [0.1, 0.15) is 0 Å². The number of benzene rings is 4. The molecule has 0 fully saturated rings. The van der Waals surface area contributed by atoms with Crippen LogP contribution in [0, 0.1) is 0 Å². The average Bonchev–Trinajstić information content (AvgIpc) is 2.97. The molecule has 0 atom stereocenters. The van der Waals surface area contributed by atoms with Gasteiger partial charge in [0.25, 0.3) is 0 Å². The molecule has 2 nitrogen and oxygen atoms in total. The highest BCUT2D eigenvalue weighted by Crippen LogP contribution is 2.22. The van der Waals surface area contributed by atoms with Gasteiger partial charge in [0.05, 0.1) is 5.52 Å². The van der Waals surface area contributed by atoms with Gasteiger partial charge in [-0.1, -0.05) is 129 Å². The Morgan fingerprint density at radius 1 is 0.439 bits per heavy atom. The predicted molar refractivity (Wildman–Crippen MR) is 183 cm³/mol. The smallest absolute Gasteiger partial charge is 0.0704 e. The van der Waals surface area contributed by atoms with Crippen molar-refractivity contribution in [1.82, 2.24) is 9.97 Å². The maximum absolute atomic E-state index is 4.32. The van der Waals surface area contributed by atoms with Crippen LogP contribution in [0.4, 0.5) is 0 Å². The van der Waals surface area contributed by atoms with Crippen molar-refractivity contribution >= 4 is 32.4 Å². The summed E-state index contributed by atoms with van der Waals surface area (Å²) < 4.78 is 0. The third kappa shape index (κ3) is 8.98. The third-order valence-corrected chi connectivity index (χ3v) is 7.07. The van der Waals surface area contributed by atoms with E-state index < -0.39 is 0 Å². The fraction of sp³-hybridized carbons (Fsp3) is 0.282. The van der Waals surface area contributed by atoms with Gasteiger partial charge in [-0.15, -0.1) is 0 Å². The van der Waals surface area contributed by atoms with Crippen LogP contribution in [0.1, 0.15) is 90.8 Å². The number of fused-ring (bicyclic) bond motifs is 3. The summed E-state index contributed by atoms with van der Waals surface area (Å²) in [4.78, 5) is 8.44. The summed E-state index contributed by atoms with van der Waals surface area (Å²) in [5, 5.41) is 6.38. The Bertz CT molecular complexity index is 1450. The predicted octanol–water partition coefficient (Wildman–Crippen LogP) is 12.0. The Labute approximate surface area is 248 Å². The van der Waals surface area contributed by atoms with E-state index in [0.29, 0.717) is 17.8 Å². The summed E-state index contributed by atoms with van der Waals surface area (Å²) in [6, 6.07) is 34.3. The zero-order valence-corrected chi connectivity index (χ0v) is 24.1. The van der Waals surface area contributed by atoms with Gasteiger partial charge in [0, 0.05) is 29.4 Å². The highest BCUT2D eigenvalue weighted by Gasteiger charge is 2.01. The van der Waals surface area contributed by atoms with Gasteiger partial charge in [-0.05, 0) is 74.9 Å². The first-order chi connectivity index (χ1) is 18.8. The number of nitrogens with zero attached hydrogens (tertiary/aromatic N) is 2. The maximum Gasteiger partial charge on any atom is 0.0704 e. The van der Waals surface area contributed by atoms with E-state index in [1.165, 1.54) is 43.6 Å². The van der Waals surface area contributed by atoms with E-state index in [4.69, 9.17) is 0 Å². The molecule has 2 aromatic heterocycles. The lowest BCUT2D eigenvalue weighted by atomic mass is 9.99. The van der Waals surface area contributed by atoms with Gasteiger partial charge in [0.2, 0.25) is 0 Å². The molecular weight excluding hydrogens is 496 g/mol. The molecule has 2 heterocycles. The Morgan fingerprint density at radius 2 is 0.927 bits per heavy atom. The lowest BCUT2D eigenvalue weighted by Crippen LogP contribution is -1.87. The van der Waals surface area contributed by atoms with Crippen LogP contribution >= 0.6 is 0 Å². The fourth-order valence-corrected chi connectivity index (χ4v) is 4.47. The number of hydrogen-bond acceptors (Lipinski definition) is 2. The van der Waals surface area contributed by atoms with Crippen molar-refractivity contribution in [2.45, 2.75) is 74.1 Å². The maximum atomic E-state index is 4.32. The standard InChI is InChI=1S/C13H14.2C12H13N.2CH4/c1-10(2)12-8-7-11-5-3-4-6-13(11)9-12;1-9(2)11-4-3-10-5-6-13-8-12(10)7-11;1-9(2)11-6-5-10-4-3-7-13-12(10)8-11;;/h3-10H,1-2H3;2*3-9H,1-2H3;2*1H4. The van der Waals surface area contributed by atoms with Crippen molar-refractivity contribution in [2.24, 2.45) is 0 Å². The van der Waals surface area contributed by atoms with Crippen molar-refractivity contribution in [1.29, 1.82) is 0 Å². The van der Waals surface area contributed by atoms with Crippen molar-refractivity contribution in [3.05, 3.63) is 132 Å². The Balaban J connectivity index is 0.000000210. The highest BCUT2D eigenvalue weighted by atomic mass is 14.6.